The van der Waals surface area contributed by atoms with Crippen molar-refractivity contribution in [2.45, 2.75) is 32.7 Å². The molecule has 4 nitrogen and oxygen atoms in total. The molecule has 1 aromatic carbocycles. The van der Waals surface area contributed by atoms with Crippen LogP contribution in [0.25, 0.3) is 0 Å². The van der Waals surface area contributed by atoms with E-state index < -0.39 is 0 Å². The number of amides is 1. The van der Waals surface area contributed by atoms with Gasteiger partial charge in [-0.3, -0.25) is 4.79 Å². The van der Waals surface area contributed by atoms with E-state index >= 15 is 0 Å². The lowest BCUT2D eigenvalue weighted by atomic mass is 10.2. The Bertz CT molecular complexity index is 417. The van der Waals surface area contributed by atoms with E-state index in [0.717, 1.165) is 51.2 Å². The molecule has 0 spiro atoms. The van der Waals surface area contributed by atoms with E-state index in [0.29, 0.717) is 12.5 Å². The van der Waals surface area contributed by atoms with E-state index in [2.05, 4.69) is 17.4 Å². The largest absolute Gasteiger partial charge is 0.494 e. The highest BCUT2D eigenvalue weighted by molar-refractivity contribution is 5.77. The molecule has 0 aromatic heterocycles. The summed E-state index contributed by atoms with van der Waals surface area (Å²) in [4.78, 5) is 13.4. The van der Waals surface area contributed by atoms with E-state index in [1.165, 1.54) is 5.56 Å². The summed E-state index contributed by atoms with van der Waals surface area (Å²) in [6.45, 7) is 6.32. The summed E-state index contributed by atoms with van der Waals surface area (Å²) in [5, 5.41) is 3.41. The zero-order valence-corrected chi connectivity index (χ0v) is 12.2. The van der Waals surface area contributed by atoms with Gasteiger partial charge in [-0.05, 0) is 44.0 Å². The van der Waals surface area contributed by atoms with Crippen LogP contribution in [0.15, 0.2) is 24.3 Å². The van der Waals surface area contributed by atoms with Crippen molar-refractivity contribution in [3.8, 4) is 5.75 Å². The van der Waals surface area contributed by atoms with Gasteiger partial charge in [0, 0.05) is 26.1 Å². The summed E-state index contributed by atoms with van der Waals surface area (Å²) in [6.07, 6.45) is 2.78. The van der Waals surface area contributed by atoms with Crippen LogP contribution in [0.4, 0.5) is 0 Å². The number of nitrogens with zero attached hydrogens (tertiary/aromatic N) is 1. The molecule has 0 saturated carbocycles. The molecule has 2 rings (SSSR count). The first-order valence-corrected chi connectivity index (χ1v) is 7.50. The van der Waals surface area contributed by atoms with Crippen molar-refractivity contribution in [1.29, 1.82) is 0 Å². The van der Waals surface area contributed by atoms with Crippen LogP contribution in [0.3, 0.4) is 0 Å². The summed E-state index contributed by atoms with van der Waals surface area (Å²) in [5.74, 6) is 1.24. The lowest BCUT2D eigenvalue weighted by molar-refractivity contribution is -0.127. The minimum atomic E-state index is 0.316. The minimum Gasteiger partial charge on any atom is -0.494 e. The summed E-state index contributed by atoms with van der Waals surface area (Å²) < 4.78 is 5.41. The normalized spacial score (nSPS) is 14.8. The van der Waals surface area contributed by atoms with Crippen LogP contribution >= 0.6 is 0 Å². The van der Waals surface area contributed by atoms with Gasteiger partial charge in [0.2, 0.25) is 5.91 Å². The highest BCUT2D eigenvalue weighted by Gasteiger charge is 2.18. The molecule has 1 aliphatic heterocycles. The Balaban J connectivity index is 1.59. The maximum atomic E-state index is 11.4. The maximum absolute atomic E-state index is 11.4. The van der Waals surface area contributed by atoms with Gasteiger partial charge in [-0.1, -0.05) is 12.1 Å². The standard InChI is InChI=1S/C16H24N2O2/c1-2-20-15-8-6-14(7-9-15)13-17-10-4-12-18-11-3-5-16(18)19/h6-9,17H,2-5,10-13H2,1H3. The van der Waals surface area contributed by atoms with E-state index in [9.17, 15) is 4.79 Å². The third-order valence-corrected chi connectivity index (χ3v) is 3.52. The van der Waals surface area contributed by atoms with Gasteiger partial charge in [-0.25, -0.2) is 0 Å². The minimum absolute atomic E-state index is 0.316. The van der Waals surface area contributed by atoms with Crippen molar-refractivity contribution in [1.82, 2.24) is 10.2 Å². The topological polar surface area (TPSA) is 41.6 Å². The molecule has 1 aliphatic rings. The molecule has 0 aliphatic carbocycles. The van der Waals surface area contributed by atoms with Gasteiger partial charge in [0.1, 0.15) is 5.75 Å². The van der Waals surface area contributed by atoms with Crippen LogP contribution in [0.5, 0.6) is 5.75 Å². The lowest BCUT2D eigenvalue weighted by Gasteiger charge is -2.15. The number of carbonyl (C=O) groups is 1. The van der Waals surface area contributed by atoms with Gasteiger partial charge in [0.25, 0.3) is 0 Å². The molecule has 1 fully saturated rings. The second kappa shape index (κ2) is 7.90. The van der Waals surface area contributed by atoms with Gasteiger partial charge >= 0.3 is 0 Å². The number of carbonyl (C=O) groups excluding carboxylic acids is 1. The fourth-order valence-corrected chi connectivity index (χ4v) is 2.44. The second-order valence-corrected chi connectivity index (χ2v) is 5.09. The molecule has 0 radical (unpaired) electrons. The van der Waals surface area contributed by atoms with E-state index in [1.807, 2.05) is 24.0 Å². The number of hydrogen-bond acceptors (Lipinski definition) is 3. The van der Waals surface area contributed by atoms with Crippen LogP contribution in [-0.2, 0) is 11.3 Å². The van der Waals surface area contributed by atoms with Crippen molar-refractivity contribution in [2.75, 3.05) is 26.2 Å². The van der Waals surface area contributed by atoms with Gasteiger partial charge in [-0.2, -0.15) is 0 Å². The highest BCUT2D eigenvalue weighted by Crippen LogP contribution is 2.12. The predicted octanol–water partition coefficient (Wildman–Crippen LogP) is 2.19. The SMILES string of the molecule is CCOc1ccc(CNCCCN2CCCC2=O)cc1. The van der Waals surface area contributed by atoms with Crippen LogP contribution in [0.1, 0.15) is 31.7 Å². The van der Waals surface area contributed by atoms with Gasteiger partial charge in [-0.15, -0.1) is 0 Å². The van der Waals surface area contributed by atoms with Crippen LogP contribution in [0.2, 0.25) is 0 Å². The van der Waals surface area contributed by atoms with Crippen LogP contribution < -0.4 is 10.1 Å². The molecule has 1 amide bonds. The van der Waals surface area contributed by atoms with Crippen molar-refractivity contribution >= 4 is 5.91 Å². The lowest BCUT2D eigenvalue weighted by Crippen LogP contribution is -2.28. The molecular weight excluding hydrogens is 252 g/mol. The number of rotatable bonds is 8. The fraction of sp³-hybridized carbons (Fsp3) is 0.562. The van der Waals surface area contributed by atoms with E-state index in [1.54, 1.807) is 0 Å². The number of hydrogen-bond donors (Lipinski definition) is 1. The molecule has 20 heavy (non-hydrogen) atoms. The molecule has 0 unspecified atom stereocenters. The molecule has 4 heteroatoms. The molecule has 1 saturated heterocycles. The zero-order valence-electron chi connectivity index (χ0n) is 12.2. The van der Waals surface area contributed by atoms with Crippen LogP contribution in [-0.4, -0.2) is 37.0 Å². The van der Waals surface area contributed by atoms with E-state index in [-0.39, 0.29) is 0 Å². The Kier molecular flexibility index (Phi) is 5.87. The van der Waals surface area contributed by atoms with Gasteiger partial charge < -0.3 is 15.0 Å². The van der Waals surface area contributed by atoms with Gasteiger partial charge in [0.05, 0.1) is 6.61 Å². The number of ether oxygens (including phenoxy) is 1. The van der Waals surface area contributed by atoms with E-state index in [4.69, 9.17) is 4.74 Å². The predicted molar refractivity (Wildman–Crippen MR) is 79.7 cm³/mol. The van der Waals surface area contributed by atoms with Crippen LogP contribution in [0, 0.1) is 0 Å². The average Bonchev–Trinajstić information content (AvgIpc) is 2.86. The monoisotopic (exact) mass is 276 g/mol. The van der Waals surface area contributed by atoms with Gasteiger partial charge in [0.15, 0.2) is 0 Å². The van der Waals surface area contributed by atoms with Crippen molar-refractivity contribution in [2.24, 2.45) is 0 Å². The Hall–Kier alpha value is -1.55. The summed E-state index contributed by atoms with van der Waals surface area (Å²) in [5.41, 5.74) is 1.26. The number of nitrogens with one attached hydrogen (secondary N) is 1. The van der Waals surface area contributed by atoms with Crippen molar-refractivity contribution in [3.63, 3.8) is 0 Å². The first kappa shape index (κ1) is 14.9. The molecule has 1 N–H and O–H groups in total. The Morgan fingerprint density at radius 3 is 2.75 bits per heavy atom. The first-order valence-electron chi connectivity index (χ1n) is 7.50. The Labute approximate surface area is 121 Å². The molecule has 1 heterocycles. The zero-order chi connectivity index (χ0) is 14.2. The summed E-state index contributed by atoms with van der Waals surface area (Å²) in [7, 11) is 0. The molecule has 0 bridgehead atoms. The molecule has 110 valence electrons. The maximum Gasteiger partial charge on any atom is 0.222 e. The summed E-state index contributed by atoms with van der Waals surface area (Å²) in [6, 6.07) is 8.18. The Morgan fingerprint density at radius 2 is 2.10 bits per heavy atom. The third kappa shape index (κ3) is 4.53. The summed E-state index contributed by atoms with van der Waals surface area (Å²) >= 11 is 0. The van der Waals surface area contributed by atoms with Crippen molar-refractivity contribution in [3.05, 3.63) is 29.8 Å². The first-order chi connectivity index (χ1) is 9.79. The average molecular weight is 276 g/mol. The smallest absolute Gasteiger partial charge is 0.222 e. The number of likely N-dealkylation sites (tertiary alicyclic amines) is 1. The molecule has 1 aromatic rings. The highest BCUT2D eigenvalue weighted by atomic mass is 16.5. The second-order valence-electron chi connectivity index (χ2n) is 5.09. The third-order valence-electron chi connectivity index (χ3n) is 3.52. The fourth-order valence-electron chi connectivity index (χ4n) is 2.44. The Morgan fingerprint density at radius 1 is 1.30 bits per heavy atom. The number of benzene rings is 1. The molecule has 0 atom stereocenters. The van der Waals surface area contributed by atoms with Crippen molar-refractivity contribution < 1.29 is 9.53 Å². The molecular formula is C16H24N2O2. The quantitative estimate of drug-likeness (QED) is 0.740.